The number of carbonyl (C=O) groups is 1. The molecule has 0 saturated carbocycles. The zero-order valence-electron chi connectivity index (χ0n) is 13.7. The van der Waals surface area contributed by atoms with E-state index in [2.05, 4.69) is 5.32 Å². The van der Waals surface area contributed by atoms with E-state index in [4.69, 9.17) is 9.15 Å². The van der Waals surface area contributed by atoms with E-state index in [1.807, 2.05) is 6.92 Å². The van der Waals surface area contributed by atoms with Gasteiger partial charge in [-0.05, 0) is 43.7 Å². The number of nitrogens with one attached hydrogen (secondary N) is 1. The second-order valence-corrected chi connectivity index (χ2v) is 5.64. The summed E-state index contributed by atoms with van der Waals surface area (Å²) < 4.78 is 24.3. The van der Waals surface area contributed by atoms with Crippen molar-refractivity contribution in [1.82, 2.24) is 0 Å². The highest BCUT2D eigenvalue weighted by Gasteiger charge is 2.17. The van der Waals surface area contributed by atoms with Gasteiger partial charge in [0.05, 0.1) is 5.69 Å². The van der Waals surface area contributed by atoms with Gasteiger partial charge in [-0.1, -0.05) is 12.1 Å². The van der Waals surface area contributed by atoms with Gasteiger partial charge >= 0.3 is 5.63 Å². The topological polar surface area (TPSA) is 68.5 Å². The molecule has 3 rings (SSSR count). The molecule has 1 unspecified atom stereocenters. The van der Waals surface area contributed by atoms with Crippen molar-refractivity contribution < 1.29 is 18.3 Å². The fourth-order valence-corrected chi connectivity index (χ4v) is 2.43. The number of amides is 1. The highest BCUT2D eigenvalue weighted by molar-refractivity contribution is 5.94. The van der Waals surface area contributed by atoms with E-state index in [-0.39, 0.29) is 5.69 Å². The van der Waals surface area contributed by atoms with Gasteiger partial charge in [0.2, 0.25) is 0 Å². The molecule has 1 heterocycles. The van der Waals surface area contributed by atoms with E-state index in [1.54, 1.807) is 31.2 Å². The average molecular weight is 341 g/mol. The first-order chi connectivity index (χ1) is 11.9. The molecule has 1 aromatic heterocycles. The van der Waals surface area contributed by atoms with Crippen molar-refractivity contribution in [3.8, 4) is 5.75 Å². The van der Waals surface area contributed by atoms with E-state index in [1.165, 1.54) is 24.3 Å². The first-order valence-electron chi connectivity index (χ1n) is 7.70. The Bertz CT molecular complexity index is 996. The van der Waals surface area contributed by atoms with Gasteiger partial charge in [-0.25, -0.2) is 9.18 Å². The van der Waals surface area contributed by atoms with Crippen molar-refractivity contribution in [2.45, 2.75) is 20.0 Å². The Morgan fingerprint density at radius 3 is 2.72 bits per heavy atom. The van der Waals surface area contributed by atoms with Crippen LogP contribution in [0.1, 0.15) is 12.5 Å². The minimum atomic E-state index is -0.867. The summed E-state index contributed by atoms with van der Waals surface area (Å²) in [6.45, 7) is 3.36. The lowest BCUT2D eigenvalue weighted by atomic mass is 10.1. The number of aryl methyl sites for hydroxylation is 1. The third-order valence-electron chi connectivity index (χ3n) is 3.74. The summed E-state index contributed by atoms with van der Waals surface area (Å²) >= 11 is 0. The van der Waals surface area contributed by atoms with E-state index in [9.17, 15) is 14.0 Å². The number of halogens is 1. The van der Waals surface area contributed by atoms with E-state index in [0.717, 1.165) is 10.9 Å². The quantitative estimate of drug-likeness (QED) is 0.736. The Morgan fingerprint density at radius 1 is 1.20 bits per heavy atom. The Balaban J connectivity index is 1.77. The van der Waals surface area contributed by atoms with Gasteiger partial charge in [0.1, 0.15) is 17.1 Å². The molecule has 2 aromatic carbocycles. The Morgan fingerprint density at radius 2 is 1.96 bits per heavy atom. The fourth-order valence-electron chi connectivity index (χ4n) is 2.43. The average Bonchev–Trinajstić information content (AvgIpc) is 2.56. The van der Waals surface area contributed by atoms with Crippen LogP contribution in [0.5, 0.6) is 5.75 Å². The summed E-state index contributed by atoms with van der Waals surface area (Å²) in [7, 11) is 0. The van der Waals surface area contributed by atoms with Crippen LogP contribution in [0.25, 0.3) is 11.0 Å². The molecule has 0 aliphatic heterocycles. The maximum absolute atomic E-state index is 13.6. The molecule has 0 bridgehead atoms. The zero-order chi connectivity index (χ0) is 18.0. The van der Waals surface area contributed by atoms with Crippen LogP contribution < -0.4 is 15.7 Å². The van der Waals surface area contributed by atoms with Crippen LogP contribution in [0.15, 0.2) is 57.7 Å². The largest absolute Gasteiger partial charge is 0.481 e. The smallest absolute Gasteiger partial charge is 0.336 e. The minimum Gasteiger partial charge on any atom is -0.481 e. The van der Waals surface area contributed by atoms with E-state index in [0.29, 0.717) is 11.3 Å². The van der Waals surface area contributed by atoms with Crippen molar-refractivity contribution in [1.29, 1.82) is 0 Å². The van der Waals surface area contributed by atoms with Gasteiger partial charge in [0, 0.05) is 17.5 Å². The van der Waals surface area contributed by atoms with Gasteiger partial charge in [-0.3, -0.25) is 4.79 Å². The monoisotopic (exact) mass is 341 g/mol. The molecule has 25 heavy (non-hydrogen) atoms. The van der Waals surface area contributed by atoms with Crippen LogP contribution in [0.2, 0.25) is 0 Å². The number of hydrogen-bond acceptors (Lipinski definition) is 4. The Kier molecular flexibility index (Phi) is 4.52. The van der Waals surface area contributed by atoms with Crippen LogP contribution >= 0.6 is 0 Å². The maximum Gasteiger partial charge on any atom is 0.336 e. The number of ether oxygens (including phenoxy) is 1. The number of benzene rings is 2. The molecule has 6 heteroatoms. The number of hydrogen-bond donors (Lipinski definition) is 1. The second-order valence-electron chi connectivity index (χ2n) is 5.64. The molecular weight excluding hydrogens is 325 g/mol. The molecule has 0 aliphatic carbocycles. The lowest BCUT2D eigenvalue weighted by Crippen LogP contribution is -2.30. The van der Waals surface area contributed by atoms with Crippen LogP contribution in [-0.4, -0.2) is 12.0 Å². The summed E-state index contributed by atoms with van der Waals surface area (Å²) in [6, 6.07) is 12.3. The zero-order valence-corrected chi connectivity index (χ0v) is 13.7. The predicted octanol–water partition coefficient (Wildman–Crippen LogP) is 3.65. The molecule has 128 valence electrons. The third kappa shape index (κ3) is 3.68. The minimum absolute atomic E-state index is 0.0862. The molecule has 0 aliphatic rings. The molecule has 3 aromatic rings. The molecular formula is C19H16FNO4. The van der Waals surface area contributed by atoms with Gasteiger partial charge in [0.25, 0.3) is 5.91 Å². The molecule has 0 saturated heterocycles. The van der Waals surface area contributed by atoms with Gasteiger partial charge in [-0.15, -0.1) is 0 Å². The molecule has 0 radical (unpaired) electrons. The summed E-state index contributed by atoms with van der Waals surface area (Å²) in [6.07, 6.45) is -0.867. The maximum atomic E-state index is 13.6. The predicted molar refractivity (Wildman–Crippen MR) is 92.3 cm³/mol. The number of para-hydroxylation sites is 1. The van der Waals surface area contributed by atoms with Crippen LogP contribution in [0, 0.1) is 12.7 Å². The first kappa shape index (κ1) is 16.7. The van der Waals surface area contributed by atoms with Crippen molar-refractivity contribution in [2.75, 3.05) is 5.32 Å². The Hall–Kier alpha value is -3.15. The summed E-state index contributed by atoms with van der Waals surface area (Å²) in [5.74, 6) is -0.640. The molecule has 0 spiro atoms. The van der Waals surface area contributed by atoms with Crippen LogP contribution in [0.4, 0.5) is 10.1 Å². The van der Waals surface area contributed by atoms with Gasteiger partial charge in [0.15, 0.2) is 6.10 Å². The highest BCUT2D eigenvalue weighted by atomic mass is 19.1. The standard InChI is InChI=1S/C19H16FNO4/c1-11-9-18(22)25-17-10-13(7-8-14(11)17)24-12(2)19(23)21-16-6-4-3-5-15(16)20/h3-10,12H,1-2H3,(H,21,23). The molecule has 5 nitrogen and oxygen atoms in total. The van der Waals surface area contributed by atoms with Crippen LogP contribution in [0.3, 0.4) is 0 Å². The second kappa shape index (κ2) is 6.76. The molecule has 0 fully saturated rings. The highest BCUT2D eigenvalue weighted by Crippen LogP contribution is 2.23. The van der Waals surface area contributed by atoms with Crippen molar-refractivity contribution in [3.05, 3.63) is 70.3 Å². The molecule has 1 amide bonds. The van der Waals surface area contributed by atoms with Gasteiger partial charge in [-0.2, -0.15) is 0 Å². The number of rotatable bonds is 4. The van der Waals surface area contributed by atoms with Crippen molar-refractivity contribution in [3.63, 3.8) is 0 Å². The SMILES string of the molecule is Cc1cc(=O)oc2cc(OC(C)C(=O)Nc3ccccc3F)ccc12. The summed E-state index contributed by atoms with van der Waals surface area (Å²) in [4.78, 5) is 23.6. The molecule has 1 atom stereocenters. The van der Waals surface area contributed by atoms with Crippen LogP contribution in [-0.2, 0) is 4.79 Å². The number of carbonyl (C=O) groups excluding carboxylic acids is 1. The number of fused-ring (bicyclic) bond motifs is 1. The van der Waals surface area contributed by atoms with E-state index >= 15 is 0 Å². The lowest BCUT2D eigenvalue weighted by Gasteiger charge is -2.15. The third-order valence-corrected chi connectivity index (χ3v) is 3.74. The van der Waals surface area contributed by atoms with Crippen molar-refractivity contribution in [2.24, 2.45) is 0 Å². The molecule has 1 N–H and O–H groups in total. The van der Waals surface area contributed by atoms with Crippen molar-refractivity contribution >= 4 is 22.6 Å². The Labute approximate surface area is 143 Å². The van der Waals surface area contributed by atoms with Gasteiger partial charge < -0.3 is 14.5 Å². The summed E-state index contributed by atoms with van der Waals surface area (Å²) in [5, 5.41) is 3.26. The lowest BCUT2D eigenvalue weighted by molar-refractivity contribution is -0.122. The normalized spacial score (nSPS) is 12.0. The summed E-state index contributed by atoms with van der Waals surface area (Å²) in [5.41, 5.74) is 0.808. The fraction of sp³-hybridized carbons (Fsp3) is 0.158. The first-order valence-corrected chi connectivity index (χ1v) is 7.70. The van der Waals surface area contributed by atoms with E-state index < -0.39 is 23.5 Å². The number of anilines is 1.